The molecule has 0 atom stereocenters. The third-order valence-electron chi connectivity index (χ3n) is 5.77. The topological polar surface area (TPSA) is 61.4 Å². The summed E-state index contributed by atoms with van der Waals surface area (Å²) >= 11 is 6.34. The van der Waals surface area contributed by atoms with Crippen LogP contribution in [0.4, 0.5) is 11.4 Å². The fourth-order valence-corrected chi connectivity index (χ4v) is 4.29. The van der Waals surface area contributed by atoms with Crippen LogP contribution in [0.5, 0.6) is 0 Å². The summed E-state index contributed by atoms with van der Waals surface area (Å²) in [7, 11) is 0. The van der Waals surface area contributed by atoms with Crippen molar-refractivity contribution in [3.05, 3.63) is 58.1 Å². The van der Waals surface area contributed by atoms with Crippen LogP contribution in [0, 0.1) is 6.92 Å². The summed E-state index contributed by atoms with van der Waals surface area (Å²) in [6.45, 7) is 6.97. The zero-order chi connectivity index (χ0) is 19.4. The van der Waals surface area contributed by atoms with Crippen molar-refractivity contribution < 1.29 is 9.59 Å². The lowest BCUT2D eigenvalue weighted by Crippen LogP contribution is -2.63. The molecule has 0 aliphatic carbocycles. The first-order chi connectivity index (χ1) is 12.8. The molecule has 1 fully saturated rings. The molecule has 1 saturated heterocycles. The Hall–Kier alpha value is -2.53. The monoisotopic (exact) mass is 383 g/mol. The molecule has 0 aromatic heterocycles. The highest BCUT2D eigenvalue weighted by Crippen LogP contribution is 2.42. The molecule has 0 radical (unpaired) electrons. The smallest absolute Gasteiger partial charge is 0.234 e. The van der Waals surface area contributed by atoms with E-state index in [0.717, 1.165) is 34.5 Å². The molecule has 4 rings (SSSR count). The average Bonchev–Trinajstić information content (AvgIpc) is 2.82. The van der Waals surface area contributed by atoms with E-state index < -0.39 is 11.0 Å². The Morgan fingerprint density at radius 3 is 2.63 bits per heavy atom. The van der Waals surface area contributed by atoms with Crippen LogP contribution in [0.2, 0.25) is 5.02 Å². The Balaban J connectivity index is 1.71. The number of anilines is 2. The average molecular weight is 384 g/mol. The van der Waals surface area contributed by atoms with Crippen molar-refractivity contribution in [2.75, 3.05) is 23.7 Å². The predicted octanol–water partition coefficient (Wildman–Crippen LogP) is 3.66. The molecule has 2 aromatic rings. The van der Waals surface area contributed by atoms with E-state index in [4.69, 9.17) is 11.6 Å². The molecular formula is C21H22ClN3O2. The largest absolute Gasteiger partial charge is 0.372 e. The zero-order valence-corrected chi connectivity index (χ0v) is 16.4. The quantitative estimate of drug-likeness (QED) is 0.792. The number of benzene rings is 2. The number of carbonyl (C=O) groups is 2. The Morgan fingerprint density at radius 2 is 1.93 bits per heavy atom. The second kappa shape index (κ2) is 5.99. The van der Waals surface area contributed by atoms with E-state index in [2.05, 4.69) is 16.7 Å². The molecule has 2 aliphatic heterocycles. The summed E-state index contributed by atoms with van der Waals surface area (Å²) in [6, 6.07) is 11.8. The number of rotatable bonds is 4. The van der Waals surface area contributed by atoms with Crippen LogP contribution < -0.4 is 10.6 Å². The lowest BCUT2D eigenvalue weighted by atomic mass is 9.80. The van der Waals surface area contributed by atoms with Gasteiger partial charge in [-0.2, -0.15) is 0 Å². The third-order valence-corrected chi connectivity index (χ3v) is 6.18. The molecule has 2 N–H and O–H groups in total. The molecule has 0 saturated carbocycles. The highest BCUT2D eigenvalue weighted by Gasteiger charge is 2.45. The summed E-state index contributed by atoms with van der Waals surface area (Å²) in [5.41, 5.74) is 3.89. The third kappa shape index (κ3) is 2.69. The van der Waals surface area contributed by atoms with Crippen molar-refractivity contribution in [3.63, 3.8) is 0 Å². The van der Waals surface area contributed by atoms with E-state index >= 15 is 0 Å². The van der Waals surface area contributed by atoms with Crippen molar-refractivity contribution in [1.82, 2.24) is 4.90 Å². The number of hydrogen-bond donors (Lipinski definition) is 2. The number of hydrogen-bond acceptors (Lipinski definition) is 3. The van der Waals surface area contributed by atoms with Gasteiger partial charge in [0.2, 0.25) is 12.3 Å². The van der Waals surface area contributed by atoms with Gasteiger partial charge in [-0.15, -0.1) is 0 Å². The van der Waals surface area contributed by atoms with Crippen molar-refractivity contribution in [2.24, 2.45) is 0 Å². The number of nitrogens with one attached hydrogen (secondary N) is 2. The molecule has 5 nitrogen and oxygen atoms in total. The van der Waals surface area contributed by atoms with Gasteiger partial charge in [0.25, 0.3) is 0 Å². The molecule has 27 heavy (non-hydrogen) atoms. The maximum Gasteiger partial charge on any atom is 0.234 e. The van der Waals surface area contributed by atoms with Crippen molar-refractivity contribution in [1.29, 1.82) is 0 Å². The summed E-state index contributed by atoms with van der Waals surface area (Å²) < 4.78 is 0. The van der Waals surface area contributed by atoms with E-state index in [1.54, 1.807) is 4.90 Å². The van der Waals surface area contributed by atoms with Gasteiger partial charge in [-0.05, 0) is 55.7 Å². The number of halogens is 1. The molecule has 2 amide bonds. The second-order valence-electron chi connectivity index (χ2n) is 7.97. The van der Waals surface area contributed by atoms with Gasteiger partial charge in [0.1, 0.15) is 0 Å². The first-order valence-corrected chi connectivity index (χ1v) is 9.34. The fourth-order valence-electron chi connectivity index (χ4n) is 4.11. The number of nitrogens with zero attached hydrogens (tertiary/aromatic N) is 1. The van der Waals surface area contributed by atoms with E-state index in [1.165, 1.54) is 0 Å². The minimum atomic E-state index is -0.528. The van der Waals surface area contributed by atoms with Gasteiger partial charge in [0, 0.05) is 29.5 Å². The van der Waals surface area contributed by atoms with Crippen molar-refractivity contribution in [3.8, 4) is 0 Å². The van der Waals surface area contributed by atoms with E-state index in [-0.39, 0.29) is 5.91 Å². The minimum absolute atomic E-state index is 0.00539. The molecule has 6 heteroatoms. The Morgan fingerprint density at radius 1 is 1.19 bits per heavy atom. The molecule has 0 spiro atoms. The normalized spacial score (nSPS) is 19.1. The molecule has 0 unspecified atom stereocenters. The van der Waals surface area contributed by atoms with Crippen LogP contribution in [-0.4, -0.2) is 30.3 Å². The van der Waals surface area contributed by atoms with Gasteiger partial charge in [-0.1, -0.05) is 29.8 Å². The van der Waals surface area contributed by atoms with Crippen LogP contribution in [0.3, 0.4) is 0 Å². The second-order valence-corrected chi connectivity index (χ2v) is 8.38. The van der Waals surface area contributed by atoms with Crippen molar-refractivity contribution >= 4 is 35.3 Å². The first-order valence-electron chi connectivity index (χ1n) is 8.96. The fraction of sp³-hybridized carbons (Fsp3) is 0.333. The molecule has 0 bridgehead atoms. The summed E-state index contributed by atoms with van der Waals surface area (Å²) in [5.74, 6) is 0.00539. The van der Waals surface area contributed by atoms with Gasteiger partial charge >= 0.3 is 0 Å². The van der Waals surface area contributed by atoms with Gasteiger partial charge < -0.3 is 15.5 Å². The highest BCUT2D eigenvalue weighted by molar-refractivity contribution is 6.31. The molecule has 2 aliphatic rings. The number of fused-ring (bicyclic) bond motifs is 1. The van der Waals surface area contributed by atoms with Gasteiger partial charge in [0.15, 0.2) is 0 Å². The van der Waals surface area contributed by atoms with Crippen LogP contribution >= 0.6 is 11.6 Å². The Bertz CT molecular complexity index is 948. The van der Waals surface area contributed by atoms with E-state index in [0.29, 0.717) is 18.1 Å². The van der Waals surface area contributed by atoms with Crippen LogP contribution in [0.1, 0.15) is 30.5 Å². The molecule has 140 valence electrons. The standard InChI is InChI=1S/C21H22ClN3O2/c1-13-15(5-4-6-17(13)22)21(10-25(11-21)12-26)24-14-7-8-16-18(9-14)23-19(27)20(16,2)3/h4-9,12,24H,10-11H2,1-3H3,(H,23,27). The summed E-state index contributed by atoms with van der Waals surface area (Å²) in [6.07, 6.45) is 0.866. The Labute approximate surface area is 163 Å². The molecule has 2 aromatic carbocycles. The van der Waals surface area contributed by atoms with Crippen LogP contribution in [-0.2, 0) is 20.5 Å². The van der Waals surface area contributed by atoms with E-state index in [9.17, 15) is 9.59 Å². The SMILES string of the molecule is Cc1c(Cl)cccc1C1(Nc2ccc3c(c2)NC(=O)C3(C)C)CN(C=O)C1. The lowest BCUT2D eigenvalue weighted by Gasteiger charge is -2.50. The maximum absolute atomic E-state index is 12.2. The highest BCUT2D eigenvalue weighted by atomic mass is 35.5. The predicted molar refractivity (Wildman–Crippen MR) is 107 cm³/mol. The van der Waals surface area contributed by atoms with Crippen LogP contribution in [0.15, 0.2) is 36.4 Å². The first kappa shape index (κ1) is 17.9. The Kier molecular flexibility index (Phi) is 3.96. The van der Waals surface area contributed by atoms with Gasteiger partial charge in [-0.25, -0.2) is 0 Å². The number of likely N-dealkylation sites (tertiary alicyclic amines) is 1. The molecular weight excluding hydrogens is 362 g/mol. The van der Waals surface area contributed by atoms with E-state index in [1.807, 2.05) is 51.1 Å². The van der Waals surface area contributed by atoms with Crippen molar-refractivity contribution in [2.45, 2.75) is 31.7 Å². The van der Waals surface area contributed by atoms with Crippen LogP contribution in [0.25, 0.3) is 0 Å². The maximum atomic E-state index is 12.2. The zero-order valence-electron chi connectivity index (χ0n) is 15.6. The molecule has 2 heterocycles. The number of carbonyl (C=O) groups excluding carboxylic acids is 2. The minimum Gasteiger partial charge on any atom is -0.372 e. The van der Waals surface area contributed by atoms with Gasteiger partial charge in [-0.3, -0.25) is 9.59 Å². The lowest BCUT2D eigenvalue weighted by molar-refractivity contribution is -0.124. The summed E-state index contributed by atoms with van der Waals surface area (Å²) in [5, 5.41) is 7.27. The summed E-state index contributed by atoms with van der Waals surface area (Å²) in [4.78, 5) is 25.1. The number of amides is 2. The van der Waals surface area contributed by atoms with Gasteiger partial charge in [0.05, 0.1) is 11.0 Å².